The number of amides is 3. The predicted octanol–water partition coefficient (Wildman–Crippen LogP) is 4.17. The molecule has 3 amide bonds. The van der Waals surface area contributed by atoms with Crippen molar-refractivity contribution < 1.29 is 53.6 Å². The minimum Gasteiger partial charge on any atom is -0.508 e. The Morgan fingerprint density at radius 1 is 0.983 bits per heavy atom. The summed E-state index contributed by atoms with van der Waals surface area (Å²) in [7, 11) is 2.26. The number of nitrogens with zero attached hydrogens (tertiary/aromatic N) is 1. The van der Waals surface area contributed by atoms with E-state index < -0.39 is 59.8 Å². The number of ketones is 1. The first-order valence-electron chi connectivity index (χ1n) is 20.6. The van der Waals surface area contributed by atoms with Gasteiger partial charge in [-0.2, -0.15) is 0 Å². The molecule has 6 unspecified atom stereocenters. The molecule has 1 aliphatic rings. The van der Waals surface area contributed by atoms with E-state index in [4.69, 9.17) is 14.6 Å². The molecule has 15 nitrogen and oxygen atoms in total. The van der Waals surface area contributed by atoms with Crippen LogP contribution in [-0.4, -0.2) is 107 Å². The number of carbonyl (C=O) groups excluding carboxylic acids is 6. The largest absolute Gasteiger partial charge is 0.508 e. The van der Waals surface area contributed by atoms with Crippen LogP contribution in [0.15, 0.2) is 72.4 Å². The van der Waals surface area contributed by atoms with E-state index in [0.717, 1.165) is 25.5 Å². The van der Waals surface area contributed by atoms with Gasteiger partial charge in [-0.25, -0.2) is 10.2 Å². The third-order valence-electron chi connectivity index (χ3n) is 9.79. The van der Waals surface area contributed by atoms with E-state index in [0.29, 0.717) is 31.4 Å². The van der Waals surface area contributed by atoms with Crippen molar-refractivity contribution in [1.82, 2.24) is 21.1 Å². The third kappa shape index (κ3) is 19.8. The second kappa shape index (κ2) is 29.2. The second-order valence-corrected chi connectivity index (χ2v) is 15.1. The molecule has 2 rings (SSSR count). The zero-order chi connectivity index (χ0) is 45.2. The summed E-state index contributed by atoms with van der Waals surface area (Å²) in [4.78, 5) is 77.5. The molecule has 1 aliphatic heterocycles. The molecule has 1 aromatic carbocycles. The number of hydrogen-bond acceptors (Lipinski definition) is 12. The summed E-state index contributed by atoms with van der Waals surface area (Å²) >= 11 is 0. The number of aromatic hydroxyl groups is 1. The fraction of sp³-hybridized carbons (Fsp3) is 0.556. The fourth-order valence-electron chi connectivity index (χ4n) is 6.40. The Morgan fingerprint density at radius 2 is 1.68 bits per heavy atom. The number of Topliss-reactive ketones (excluding diaryl/α,β-unsaturated/α-hetero) is 1. The standard InChI is InChI=1S/C44H64N4O10.CH4O/c1-8-58-38(51)23-14-18-30(4)17-12-10-9-11-13-19-31(5)40(52)35(25-24-32(6)49)41(53)46-39(29(2)3)42(54)45-37(28-33-20-15-21-34(50)27-33)43(55)48-26-16-22-36(47-48)44(56)57-7;1-2/h9-11,13-15,18,20-21,23,27,29,31,35-37,39-40,47,50,52H,8,12,16-17,19,22,24-26,28H2,1-7H3,(H,45,54)(H,46,53);2H,1H3/b10-9+,13-11+,23-14+,30-18+;. The van der Waals surface area contributed by atoms with E-state index in [1.165, 1.54) is 37.3 Å². The number of carbonyl (C=O) groups is 6. The molecule has 60 heavy (non-hydrogen) atoms. The zero-order valence-electron chi connectivity index (χ0n) is 36.5. The Kier molecular flexibility index (Phi) is 25.7. The van der Waals surface area contributed by atoms with Gasteiger partial charge in [-0.3, -0.25) is 24.2 Å². The van der Waals surface area contributed by atoms with Crippen LogP contribution in [0.2, 0.25) is 0 Å². The van der Waals surface area contributed by atoms with Gasteiger partial charge in [0.25, 0.3) is 5.91 Å². The van der Waals surface area contributed by atoms with Crippen LogP contribution in [0.3, 0.4) is 0 Å². The number of aliphatic hydroxyl groups is 2. The lowest BCUT2D eigenvalue weighted by molar-refractivity contribution is -0.151. The van der Waals surface area contributed by atoms with Gasteiger partial charge in [0.2, 0.25) is 11.8 Å². The van der Waals surface area contributed by atoms with E-state index in [1.807, 2.05) is 44.2 Å². The molecule has 0 saturated carbocycles. The van der Waals surface area contributed by atoms with Crippen LogP contribution in [0, 0.1) is 17.8 Å². The van der Waals surface area contributed by atoms with Crippen molar-refractivity contribution in [2.45, 2.75) is 117 Å². The summed E-state index contributed by atoms with van der Waals surface area (Å²) in [6.07, 6.45) is 14.6. The second-order valence-electron chi connectivity index (χ2n) is 15.1. The normalized spacial score (nSPS) is 17.0. The topological polar surface area (TPSA) is 221 Å². The molecule has 6 atom stereocenters. The van der Waals surface area contributed by atoms with Gasteiger partial charge in [0, 0.05) is 32.6 Å². The quantitative estimate of drug-likeness (QED) is 0.0520. The number of benzene rings is 1. The van der Waals surface area contributed by atoms with Crippen molar-refractivity contribution in [3.05, 3.63) is 77.9 Å². The van der Waals surface area contributed by atoms with Gasteiger partial charge in [0.15, 0.2) is 0 Å². The monoisotopic (exact) mass is 840 g/mol. The highest BCUT2D eigenvalue weighted by Crippen LogP contribution is 2.23. The van der Waals surface area contributed by atoms with Crippen LogP contribution in [-0.2, 0) is 44.7 Å². The molecule has 1 saturated heterocycles. The Labute approximate surface area is 355 Å². The Morgan fingerprint density at radius 3 is 2.32 bits per heavy atom. The number of aliphatic hydroxyl groups excluding tert-OH is 2. The van der Waals surface area contributed by atoms with Gasteiger partial charge >= 0.3 is 11.9 Å². The molecule has 0 radical (unpaired) electrons. The van der Waals surface area contributed by atoms with Gasteiger partial charge in [0.05, 0.1) is 25.7 Å². The van der Waals surface area contributed by atoms with Crippen molar-refractivity contribution >= 4 is 35.4 Å². The number of hydrogen-bond donors (Lipinski definition) is 6. The first-order chi connectivity index (χ1) is 28.6. The highest BCUT2D eigenvalue weighted by molar-refractivity contribution is 5.93. The molecule has 0 aromatic heterocycles. The number of esters is 2. The maximum atomic E-state index is 14.0. The van der Waals surface area contributed by atoms with Crippen molar-refractivity contribution in [3.8, 4) is 5.75 Å². The molecule has 0 spiro atoms. The zero-order valence-corrected chi connectivity index (χ0v) is 36.5. The minimum absolute atomic E-state index is 0.00577. The number of hydrazine groups is 1. The van der Waals surface area contributed by atoms with Gasteiger partial charge < -0.3 is 40.2 Å². The summed E-state index contributed by atoms with van der Waals surface area (Å²) in [5.41, 5.74) is 4.57. The minimum atomic E-state index is -1.14. The third-order valence-corrected chi connectivity index (χ3v) is 9.79. The summed E-state index contributed by atoms with van der Waals surface area (Å²) in [5, 5.41) is 35.4. The molecule has 6 N–H and O–H groups in total. The molecule has 15 heteroatoms. The van der Waals surface area contributed by atoms with Gasteiger partial charge in [-0.05, 0) is 88.8 Å². The molecule has 334 valence electrons. The maximum Gasteiger partial charge on any atom is 0.330 e. The molecule has 0 aliphatic carbocycles. The number of methoxy groups -OCH3 is 1. The van der Waals surface area contributed by atoms with E-state index in [1.54, 1.807) is 39.0 Å². The van der Waals surface area contributed by atoms with Crippen molar-refractivity contribution in [2.75, 3.05) is 27.4 Å². The van der Waals surface area contributed by atoms with Crippen molar-refractivity contribution in [3.63, 3.8) is 0 Å². The van der Waals surface area contributed by atoms with Crippen molar-refractivity contribution in [2.24, 2.45) is 17.8 Å². The molecule has 1 heterocycles. The highest BCUT2D eigenvalue weighted by Gasteiger charge is 2.37. The van der Waals surface area contributed by atoms with Crippen LogP contribution >= 0.6 is 0 Å². The molecular formula is C45H68N4O11. The first kappa shape index (κ1) is 52.9. The van der Waals surface area contributed by atoms with Crippen LogP contribution in [0.1, 0.15) is 92.1 Å². The Balaban J connectivity index is 0.00000886. The number of rotatable bonds is 23. The maximum absolute atomic E-state index is 14.0. The Bertz CT molecular complexity index is 1650. The first-order valence-corrected chi connectivity index (χ1v) is 20.6. The number of ether oxygens (including phenoxy) is 2. The average molecular weight is 841 g/mol. The lowest BCUT2D eigenvalue weighted by Gasteiger charge is -2.35. The van der Waals surface area contributed by atoms with Crippen LogP contribution in [0.25, 0.3) is 0 Å². The SMILES string of the molecule is CCOC(=O)/C=C/C=C(\C)CC/C=C/C=C/CC(C)C(O)C(CCC(C)=O)C(=O)NC(C(=O)NC(Cc1cccc(O)c1)C(=O)N1CCCC(C(=O)OC)N1)C(C)C.CO. The molecule has 1 fully saturated rings. The highest BCUT2D eigenvalue weighted by atomic mass is 16.5. The molecule has 1 aromatic rings. The average Bonchev–Trinajstić information content (AvgIpc) is 3.22. The number of phenolic OH excluding ortho intramolecular Hbond substituents is 1. The van der Waals surface area contributed by atoms with Gasteiger partial charge in [-0.15, -0.1) is 0 Å². The van der Waals surface area contributed by atoms with E-state index >= 15 is 0 Å². The van der Waals surface area contributed by atoms with Crippen LogP contribution in [0.4, 0.5) is 0 Å². The van der Waals surface area contributed by atoms with Crippen molar-refractivity contribution in [1.29, 1.82) is 0 Å². The van der Waals surface area contributed by atoms with E-state index in [-0.39, 0.29) is 49.2 Å². The fourth-order valence-corrected chi connectivity index (χ4v) is 6.40. The number of allylic oxidation sites excluding steroid dienone is 7. The van der Waals surface area contributed by atoms with Crippen LogP contribution in [0.5, 0.6) is 5.75 Å². The van der Waals surface area contributed by atoms with E-state index in [2.05, 4.69) is 16.1 Å². The van der Waals surface area contributed by atoms with Gasteiger partial charge in [-0.1, -0.05) is 74.9 Å². The summed E-state index contributed by atoms with van der Waals surface area (Å²) in [5.74, 6) is -4.60. The lowest BCUT2D eigenvalue weighted by Crippen LogP contribution is -2.62. The summed E-state index contributed by atoms with van der Waals surface area (Å²) in [6.45, 7) is 11.0. The summed E-state index contributed by atoms with van der Waals surface area (Å²) < 4.78 is 9.72. The smallest absolute Gasteiger partial charge is 0.330 e. The predicted molar refractivity (Wildman–Crippen MR) is 229 cm³/mol. The van der Waals surface area contributed by atoms with E-state index in [9.17, 15) is 39.0 Å². The molecular weight excluding hydrogens is 773 g/mol. The van der Waals surface area contributed by atoms with Crippen LogP contribution < -0.4 is 16.1 Å². The number of nitrogens with one attached hydrogen (secondary N) is 3. The summed E-state index contributed by atoms with van der Waals surface area (Å²) in [6, 6.07) is 3.31. The lowest BCUT2D eigenvalue weighted by atomic mass is 9.85. The molecule has 0 bridgehead atoms. The number of phenols is 1. The Hall–Kier alpha value is -5.12. The van der Waals surface area contributed by atoms with Gasteiger partial charge in [0.1, 0.15) is 29.7 Å².